The van der Waals surface area contributed by atoms with Crippen LogP contribution in [-0.4, -0.2) is 26.6 Å². The van der Waals surface area contributed by atoms with E-state index in [1.807, 2.05) is 79.7 Å². The first-order chi connectivity index (χ1) is 19.8. The molecule has 0 saturated carbocycles. The normalized spacial score (nSPS) is 11.3. The summed E-state index contributed by atoms with van der Waals surface area (Å²) in [4.78, 5) is 32.5. The molecule has 7 nitrogen and oxygen atoms in total. The minimum Gasteiger partial charge on any atom is -0.365 e. The van der Waals surface area contributed by atoms with Crippen LogP contribution in [0.2, 0.25) is 0 Å². The second-order valence-electron chi connectivity index (χ2n) is 9.15. The summed E-state index contributed by atoms with van der Waals surface area (Å²) in [6.07, 6.45) is -1.21. The molecule has 0 atom stereocenters. The molecule has 4 heterocycles. The molecule has 0 aliphatic rings. The number of thiophene rings is 2. The van der Waals surface area contributed by atoms with E-state index in [0.29, 0.717) is 21.5 Å². The molecule has 2 aromatic carbocycles. The molecule has 0 aliphatic carbocycles. The van der Waals surface area contributed by atoms with E-state index in [9.17, 15) is 18.4 Å². The molecule has 11 heteroatoms. The molecule has 0 saturated heterocycles. The molecule has 2 amide bonds. The van der Waals surface area contributed by atoms with Gasteiger partial charge in [-0.2, -0.15) is 5.10 Å². The van der Waals surface area contributed by atoms with E-state index >= 15 is 0 Å². The van der Waals surface area contributed by atoms with Gasteiger partial charge in [-0.3, -0.25) is 9.59 Å². The van der Waals surface area contributed by atoms with Crippen LogP contribution in [0.3, 0.4) is 0 Å². The van der Waals surface area contributed by atoms with E-state index in [2.05, 4.69) is 10.3 Å². The number of para-hydroxylation sites is 1. The largest absolute Gasteiger partial charge is 0.365 e. The number of hydrogen-bond donors (Lipinski definition) is 2. The highest BCUT2D eigenvalue weighted by atomic mass is 32.1. The van der Waals surface area contributed by atoms with Crippen molar-refractivity contribution < 1.29 is 18.4 Å². The van der Waals surface area contributed by atoms with E-state index in [1.54, 1.807) is 10.9 Å². The zero-order valence-electron chi connectivity index (χ0n) is 21.5. The fourth-order valence-corrected chi connectivity index (χ4v) is 6.44. The van der Waals surface area contributed by atoms with Crippen LogP contribution in [0.15, 0.2) is 85.1 Å². The number of pyridine rings is 1. The van der Waals surface area contributed by atoms with Crippen LogP contribution in [0.5, 0.6) is 0 Å². The van der Waals surface area contributed by atoms with Gasteiger partial charge in [0.2, 0.25) is 0 Å². The molecule has 6 rings (SSSR count). The number of halogens is 2. The summed E-state index contributed by atoms with van der Waals surface area (Å²) in [6.45, 7) is 1.90. The lowest BCUT2D eigenvalue weighted by atomic mass is 10.1. The third-order valence-corrected chi connectivity index (χ3v) is 8.53. The number of amides is 2. The van der Waals surface area contributed by atoms with E-state index in [4.69, 9.17) is 10.8 Å². The van der Waals surface area contributed by atoms with Gasteiger partial charge >= 0.3 is 0 Å². The van der Waals surface area contributed by atoms with Crippen LogP contribution in [0.4, 0.5) is 14.5 Å². The summed E-state index contributed by atoms with van der Waals surface area (Å²) in [6, 6.07) is 23.6. The summed E-state index contributed by atoms with van der Waals surface area (Å²) in [5.74, 6) is -1.35. The molecule has 0 spiro atoms. The molecule has 0 fully saturated rings. The lowest BCUT2D eigenvalue weighted by Gasteiger charge is -2.10. The fourth-order valence-electron chi connectivity index (χ4n) is 4.54. The maximum atomic E-state index is 13.9. The number of nitrogens with two attached hydrogens (primary N) is 1. The molecule has 41 heavy (non-hydrogen) atoms. The molecule has 3 N–H and O–H groups in total. The number of alkyl halides is 2. The van der Waals surface area contributed by atoms with Gasteiger partial charge in [0.1, 0.15) is 21.1 Å². The second kappa shape index (κ2) is 10.7. The Labute approximate surface area is 240 Å². The van der Waals surface area contributed by atoms with Crippen molar-refractivity contribution in [2.45, 2.75) is 13.3 Å². The Morgan fingerprint density at radius 1 is 0.976 bits per heavy atom. The predicted molar refractivity (Wildman–Crippen MR) is 158 cm³/mol. The number of hydrogen-bond acceptors (Lipinski definition) is 6. The van der Waals surface area contributed by atoms with Crippen LogP contribution in [0.25, 0.3) is 37.6 Å². The standard InChI is InChI=1S/C30H21F2N5O2S2/c1-16-12-13-22(40-16)19-14-21(27(31)32)34-30-23(19)25(26(41-30)28(33)38)35-29(39)20-15-37(18-10-6-3-7-11-18)36-24(20)17-8-4-2-5-9-17/h2-15,27H,1H3,(H2,33,38)(H,35,39). The zero-order chi connectivity index (χ0) is 28.7. The number of primary amides is 1. The van der Waals surface area contributed by atoms with Crippen molar-refractivity contribution in [3.05, 3.63) is 106 Å². The molecule has 0 unspecified atom stereocenters. The van der Waals surface area contributed by atoms with Crippen LogP contribution < -0.4 is 11.1 Å². The summed E-state index contributed by atoms with van der Waals surface area (Å²) in [5.41, 5.74) is 8.00. The summed E-state index contributed by atoms with van der Waals surface area (Å²) >= 11 is 2.28. The first-order valence-corrected chi connectivity index (χ1v) is 14.1. The van der Waals surface area contributed by atoms with Gasteiger partial charge < -0.3 is 11.1 Å². The monoisotopic (exact) mass is 585 g/mol. The van der Waals surface area contributed by atoms with Gasteiger partial charge in [0, 0.05) is 32.5 Å². The molecule has 204 valence electrons. The van der Waals surface area contributed by atoms with Gasteiger partial charge in [0.15, 0.2) is 0 Å². The number of rotatable bonds is 7. The molecular formula is C30H21F2N5O2S2. The molecular weight excluding hydrogens is 564 g/mol. The highest BCUT2D eigenvalue weighted by Gasteiger charge is 2.27. The van der Waals surface area contributed by atoms with Gasteiger partial charge in [0.05, 0.1) is 16.9 Å². The molecule has 6 aromatic rings. The second-order valence-corrected chi connectivity index (χ2v) is 11.4. The van der Waals surface area contributed by atoms with Gasteiger partial charge in [-0.15, -0.1) is 22.7 Å². The maximum Gasteiger partial charge on any atom is 0.280 e. The average Bonchev–Trinajstić information content (AvgIpc) is 3.71. The third-order valence-electron chi connectivity index (χ3n) is 6.40. The minimum atomic E-state index is -2.83. The Kier molecular flexibility index (Phi) is 6.90. The number of aromatic nitrogens is 3. The van der Waals surface area contributed by atoms with Crippen LogP contribution in [0, 0.1) is 6.92 Å². The lowest BCUT2D eigenvalue weighted by molar-refractivity contribution is 0.100. The van der Waals surface area contributed by atoms with E-state index in [-0.39, 0.29) is 21.0 Å². The van der Waals surface area contributed by atoms with E-state index < -0.39 is 23.9 Å². The van der Waals surface area contributed by atoms with Crippen molar-refractivity contribution >= 4 is 50.4 Å². The number of aryl methyl sites for hydroxylation is 1. The van der Waals surface area contributed by atoms with Crippen molar-refractivity contribution in [1.82, 2.24) is 14.8 Å². The van der Waals surface area contributed by atoms with E-state index in [0.717, 1.165) is 27.5 Å². The Morgan fingerprint density at radius 2 is 1.68 bits per heavy atom. The molecule has 4 aromatic heterocycles. The van der Waals surface area contributed by atoms with Crippen molar-refractivity contribution in [2.24, 2.45) is 5.73 Å². The molecule has 0 aliphatic heterocycles. The number of carbonyl (C=O) groups is 2. The van der Waals surface area contributed by atoms with E-state index in [1.165, 1.54) is 17.4 Å². The number of nitrogens with zero attached hydrogens (tertiary/aromatic N) is 3. The summed E-state index contributed by atoms with van der Waals surface area (Å²) in [7, 11) is 0. The van der Waals surface area contributed by atoms with Crippen molar-refractivity contribution in [3.63, 3.8) is 0 Å². The quantitative estimate of drug-likeness (QED) is 0.203. The Hall–Kier alpha value is -4.74. The van der Waals surface area contributed by atoms with Gasteiger partial charge in [-0.25, -0.2) is 18.4 Å². The van der Waals surface area contributed by atoms with Gasteiger partial charge in [-0.05, 0) is 37.3 Å². The highest BCUT2D eigenvalue weighted by molar-refractivity contribution is 7.21. The fraction of sp³-hybridized carbons (Fsp3) is 0.0667. The van der Waals surface area contributed by atoms with Crippen molar-refractivity contribution in [1.29, 1.82) is 0 Å². The zero-order valence-corrected chi connectivity index (χ0v) is 23.1. The first-order valence-electron chi connectivity index (χ1n) is 12.4. The predicted octanol–water partition coefficient (Wildman–Crippen LogP) is 7.47. The van der Waals surface area contributed by atoms with Crippen LogP contribution >= 0.6 is 22.7 Å². The van der Waals surface area contributed by atoms with Crippen molar-refractivity contribution in [3.8, 4) is 27.4 Å². The number of nitrogens with one attached hydrogen (secondary N) is 1. The summed E-state index contributed by atoms with van der Waals surface area (Å²) < 4.78 is 29.2. The smallest absolute Gasteiger partial charge is 0.280 e. The molecule has 0 bridgehead atoms. The van der Waals surface area contributed by atoms with Crippen LogP contribution in [0.1, 0.15) is 37.0 Å². The average molecular weight is 586 g/mol. The Morgan fingerprint density at radius 3 is 2.32 bits per heavy atom. The topological polar surface area (TPSA) is 103 Å². The van der Waals surface area contributed by atoms with Crippen LogP contribution in [-0.2, 0) is 0 Å². The Balaban J connectivity index is 1.53. The number of anilines is 1. The lowest BCUT2D eigenvalue weighted by Crippen LogP contribution is -2.17. The molecule has 0 radical (unpaired) electrons. The summed E-state index contributed by atoms with van der Waals surface area (Å²) in [5, 5.41) is 7.93. The number of benzene rings is 2. The van der Waals surface area contributed by atoms with Gasteiger partial charge in [-0.1, -0.05) is 48.5 Å². The number of fused-ring (bicyclic) bond motifs is 1. The van der Waals surface area contributed by atoms with Crippen molar-refractivity contribution in [2.75, 3.05) is 5.32 Å². The SMILES string of the molecule is Cc1ccc(-c2cc(C(F)F)nc3sc(C(N)=O)c(NC(=O)c4cn(-c5ccccc5)nc4-c4ccccc4)c23)s1. The number of carbonyl (C=O) groups excluding carboxylic acids is 2. The van der Waals surface area contributed by atoms with Gasteiger partial charge in [0.25, 0.3) is 18.2 Å². The Bertz CT molecular complexity index is 1910. The minimum absolute atomic E-state index is 0.0125. The third kappa shape index (κ3) is 5.01. The highest BCUT2D eigenvalue weighted by Crippen LogP contribution is 2.44. The first kappa shape index (κ1) is 26.5. The maximum absolute atomic E-state index is 13.9.